The minimum absolute atomic E-state index is 0.0285. The minimum Gasteiger partial charge on any atom is -0.388 e. The predicted octanol–water partition coefficient (Wildman–Crippen LogP) is 0.0712. The van der Waals surface area contributed by atoms with Gasteiger partial charge in [0.15, 0.2) is 0 Å². The van der Waals surface area contributed by atoms with Crippen molar-refractivity contribution in [2.45, 2.75) is 44.8 Å². The number of carbonyl (C=O) groups is 2. The third-order valence-corrected chi connectivity index (χ3v) is 4.23. The van der Waals surface area contributed by atoms with Crippen molar-refractivity contribution in [3.63, 3.8) is 0 Å². The summed E-state index contributed by atoms with van der Waals surface area (Å²) in [5, 5.41) is 13.2. The highest BCUT2D eigenvalue weighted by Crippen LogP contribution is 2.26. The average molecular weight is 308 g/mol. The molecule has 0 unspecified atom stereocenters. The van der Waals surface area contributed by atoms with E-state index in [-0.39, 0.29) is 31.3 Å². The van der Waals surface area contributed by atoms with Crippen molar-refractivity contribution < 1.29 is 14.7 Å². The van der Waals surface area contributed by atoms with E-state index in [1.807, 2.05) is 6.92 Å². The van der Waals surface area contributed by atoms with Gasteiger partial charge in [0.1, 0.15) is 12.4 Å². The van der Waals surface area contributed by atoms with Crippen molar-refractivity contribution >= 4 is 11.8 Å². The summed E-state index contributed by atoms with van der Waals surface area (Å²) < 4.78 is 1.79. The van der Waals surface area contributed by atoms with Crippen LogP contribution in [0.15, 0.2) is 12.4 Å². The van der Waals surface area contributed by atoms with Gasteiger partial charge >= 0.3 is 0 Å². The van der Waals surface area contributed by atoms with E-state index in [1.54, 1.807) is 28.9 Å². The number of nitrogens with one attached hydrogen (secondary N) is 1. The molecule has 2 N–H and O–H groups in total. The lowest BCUT2D eigenvalue weighted by Gasteiger charge is -2.39. The fourth-order valence-corrected chi connectivity index (χ4v) is 2.82. The number of hydrogen-bond acceptors (Lipinski definition) is 4. The van der Waals surface area contributed by atoms with E-state index in [0.717, 1.165) is 12.2 Å². The van der Waals surface area contributed by atoms with Gasteiger partial charge in [0.2, 0.25) is 11.8 Å². The van der Waals surface area contributed by atoms with Crippen molar-refractivity contribution in [3.8, 4) is 0 Å². The summed E-state index contributed by atoms with van der Waals surface area (Å²) in [6, 6.07) is 0. The molecular formula is C15H24N4O3. The molecule has 1 atom stereocenters. The third kappa shape index (κ3) is 4.07. The summed E-state index contributed by atoms with van der Waals surface area (Å²) in [4.78, 5) is 29.5. The molecule has 1 aromatic rings. The topological polar surface area (TPSA) is 87.5 Å². The van der Waals surface area contributed by atoms with Gasteiger partial charge in [-0.15, -0.1) is 0 Å². The van der Waals surface area contributed by atoms with Gasteiger partial charge in [0.25, 0.3) is 0 Å². The van der Waals surface area contributed by atoms with Crippen molar-refractivity contribution in [1.29, 1.82) is 0 Å². The second kappa shape index (κ2) is 6.91. The minimum atomic E-state index is -0.968. The summed E-state index contributed by atoms with van der Waals surface area (Å²) in [5.74, 6) is 0.672. The third-order valence-electron chi connectivity index (χ3n) is 4.23. The summed E-state index contributed by atoms with van der Waals surface area (Å²) in [6.07, 6.45) is 5.46. The molecule has 22 heavy (non-hydrogen) atoms. The SMILES string of the molecule is CNC(=O)CC[C@]1(O)CCCN(C(=O)Cn2ccnc2C)C1. The van der Waals surface area contributed by atoms with E-state index in [1.165, 1.54) is 0 Å². The molecule has 2 heterocycles. The number of rotatable bonds is 5. The lowest BCUT2D eigenvalue weighted by atomic mass is 9.88. The van der Waals surface area contributed by atoms with Crippen LogP contribution in [-0.2, 0) is 16.1 Å². The average Bonchev–Trinajstić information content (AvgIpc) is 2.90. The van der Waals surface area contributed by atoms with E-state index >= 15 is 0 Å². The Morgan fingerprint density at radius 3 is 2.91 bits per heavy atom. The molecule has 1 aliphatic rings. The van der Waals surface area contributed by atoms with E-state index in [4.69, 9.17) is 0 Å². The molecule has 0 spiro atoms. The summed E-state index contributed by atoms with van der Waals surface area (Å²) in [5.41, 5.74) is -0.968. The van der Waals surface area contributed by atoms with Gasteiger partial charge in [-0.05, 0) is 26.2 Å². The fraction of sp³-hybridized carbons (Fsp3) is 0.667. The molecule has 0 radical (unpaired) electrons. The molecule has 1 aliphatic heterocycles. The zero-order valence-electron chi connectivity index (χ0n) is 13.2. The van der Waals surface area contributed by atoms with Crippen LogP contribution >= 0.6 is 0 Å². The predicted molar refractivity (Wildman–Crippen MR) is 81.0 cm³/mol. The lowest BCUT2D eigenvalue weighted by Crippen LogP contribution is -2.51. The van der Waals surface area contributed by atoms with Crippen molar-refractivity contribution in [2.75, 3.05) is 20.1 Å². The molecule has 1 aromatic heterocycles. The van der Waals surface area contributed by atoms with Crippen molar-refractivity contribution in [1.82, 2.24) is 19.8 Å². The van der Waals surface area contributed by atoms with Crippen LogP contribution in [0.2, 0.25) is 0 Å². The normalized spacial score (nSPS) is 21.7. The number of piperidine rings is 1. The van der Waals surface area contributed by atoms with Gasteiger partial charge < -0.3 is 19.9 Å². The second-order valence-corrected chi connectivity index (χ2v) is 5.92. The van der Waals surface area contributed by atoms with Crippen LogP contribution in [0.5, 0.6) is 0 Å². The highest BCUT2D eigenvalue weighted by atomic mass is 16.3. The van der Waals surface area contributed by atoms with E-state index in [2.05, 4.69) is 10.3 Å². The van der Waals surface area contributed by atoms with Crippen LogP contribution in [0, 0.1) is 6.92 Å². The molecule has 1 saturated heterocycles. The molecule has 7 nitrogen and oxygen atoms in total. The van der Waals surface area contributed by atoms with Gasteiger partial charge in [-0.1, -0.05) is 0 Å². The standard InChI is InChI=1S/C15H24N4O3/c1-12-17-7-9-18(12)10-14(21)19-8-3-5-15(22,11-19)6-4-13(20)16-2/h7,9,22H,3-6,8,10-11H2,1-2H3,(H,16,20)/t15-/m1/s1. The number of β-amino-alcohol motifs (C(OH)–C–C–N with tert-alkyl or cyclic N) is 1. The van der Waals surface area contributed by atoms with Gasteiger partial charge in [-0.3, -0.25) is 9.59 Å². The van der Waals surface area contributed by atoms with Gasteiger partial charge in [0, 0.05) is 39.0 Å². The highest BCUT2D eigenvalue weighted by molar-refractivity contribution is 5.76. The van der Waals surface area contributed by atoms with Crippen molar-refractivity contribution in [3.05, 3.63) is 18.2 Å². The summed E-state index contributed by atoms with van der Waals surface area (Å²) in [6.45, 7) is 3.02. The number of amides is 2. The van der Waals surface area contributed by atoms with Crippen molar-refractivity contribution in [2.24, 2.45) is 0 Å². The van der Waals surface area contributed by atoms with Crippen LogP contribution in [0.25, 0.3) is 0 Å². The molecule has 0 saturated carbocycles. The smallest absolute Gasteiger partial charge is 0.242 e. The number of aryl methyl sites for hydroxylation is 1. The Hall–Kier alpha value is -1.89. The maximum absolute atomic E-state index is 12.4. The van der Waals surface area contributed by atoms with Crippen LogP contribution in [-0.4, -0.2) is 57.1 Å². The number of hydrogen-bond donors (Lipinski definition) is 2. The Morgan fingerprint density at radius 1 is 1.50 bits per heavy atom. The quantitative estimate of drug-likeness (QED) is 0.806. The highest BCUT2D eigenvalue weighted by Gasteiger charge is 2.35. The van der Waals surface area contributed by atoms with E-state index in [9.17, 15) is 14.7 Å². The Labute approximate surface area is 130 Å². The molecular weight excluding hydrogens is 284 g/mol. The molecule has 0 bridgehead atoms. The number of imidazole rings is 1. The molecule has 122 valence electrons. The summed E-state index contributed by atoms with van der Waals surface area (Å²) in [7, 11) is 1.58. The largest absolute Gasteiger partial charge is 0.388 e. The Balaban J connectivity index is 1.93. The monoisotopic (exact) mass is 308 g/mol. The van der Waals surface area contributed by atoms with Crippen LogP contribution in [0.4, 0.5) is 0 Å². The first kappa shape index (κ1) is 16.5. The first-order valence-corrected chi connectivity index (χ1v) is 7.62. The van der Waals surface area contributed by atoms with Crippen LogP contribution < -0.4 is 5.32 Å². The van der Waals surface area contributed by atoms with Crippen LogP contribution in [0.1, 0.15) is 31.5 Å². The first-order chi connectivity index (χ1) is 10.4. The lowest BCUT2D eigenvalue weighted by molar-refractivity contribution is -0.139. The van der Waals surface area contributed by atoms with E-state index < -0.39 is 5.60 Å². The number of aromatic nitrogens is 2. The fourth-order valence-electron chi connectivity index (χ4n) is 2.82. The maximum atomic E-state index is 12.4. The zero-order chi connectivity index (χ0) is 16.2. The number of carbonyl (C=O) groups excluding carboxylic acids is 2. The Bertz CT molecular complexity index is 543. The van der Waals surface area contributed by atoms with Gasteiger partial charge in [-0.25, -0.2) is 4.98 Å². The summed E-state index contributed by atoms with van der Waals surface area (Å²) >= 11 is 0. The molecule has 0 aromatic carbocycles. The second-order valence-electron chi connectivity index (χ2n) is 5.92. The number of nitrogens with zero attached hydrogens (tertiary/aromatic N) is 3. The maximum Gasteiger partial charge on any atom is 0.242 e. The zero-order valence-corrected chi connectivity index (χ0v) is 13.2. The van der Waals surface area contributed by atoms with Gasteiger partial charge in [-0.2, -0.15) is 0 Å². The Morgan fingerprint density at radius 2 is 2.27 bits per heavy atom. The van der Waals surface area contributed by atoms with Crippen LogP contribution in [0.3, 0.4) is 0 Å². The molecule has 2 rings (SSSR count). The Kier molecular flexibility index (Phi) is 5.18. The molecule has 1 fully saturated rings. The number of likely N-dealkylation sites (tertiary alicyclic amines) is 1. The number of aliphatic hydroxyl groups is 1. The molecule has 7 heteroatoms. The first-order valence-electron chi connectivity index (χ1n) is 7.62. The molecule has 2 amide bonds. The van der Waals surface area contributed by atoms with Gasteiger partial charge in [0.05, 0.1) is 5.60 Å². The van der Waals surface area contributed by atoms with E-state index in [0.29, 0.717) is 19.4 Å². The molecule has 0 aliphatic carbocycles.